The summed E-state index contributed by atoms with van der Waals surface area (Å²) in [6, 6.07) is 11.6. The van der Waals surface area contributed by atoms with Gasteiger partial charge in [0.2, 0.25) is 11.8 Å². The van der Waals surface area contributed by atoms with E-state index >= 15 is 0 Å². The van der Waals surface area contributed by atoms with Gasteiger partial charge in [-0.2, -0.15) is 0 Å². The van der Waals surface area contributed by atoms with Gasteiger partial charge in [0.1, 0.15) is 0 Å². The Morgan fingerprint density at radius 3 is 2.68 bits per heavy atom. The van der Waals surface area contributed by atoms with Crippen molar-refractivity contribution >= 4 is 40.6 Å². The maximum absolute atomic E-state index is 12.2. The van der Waals surface area contributed by atoms with Crippen molar-refractivity contribution in [3.05, 3.63) is 51.2 Å². The van der Waals surface area contributed by atoms with Crippen LogP contribution in [0.15, 0.2) is 46.0 Å². The van der Waals surface area contributed by atoms with Crippen LogP contribution in [0.4, 0.5) is 0 Å². The summed E-state index contributed by atoms with van der Waals surface area (Å²) in [4.78, 5) is 14.9. The van der Waals surface area contributed by atoms with E-state index in [1.165, 1.54) is 28.7 Å². The fraction of sp³-hybridized carbons (Fsp3) is 0.235. The molecule has 3 rings (SSSR count). The van der Waals surface area contributed by atoms with Crippen LogP contribution in [0.1, 0.15) is 10.4 Å². The molecule has 25 heavy (non-hydrogen) atoms. The number of aromatic nitrogens is 2. The number of thioether (sulfide) groups is 1. The van der Waals surface area contributed by atoms with E-state index in [0.717, 1.165) is 14.8 Å². The van der Waals surface area contributed by atoms with Gasteiger partial charge in [0.05, 0.1) is 16.6 Å². The Balaban J connectivity index is 1.54. The lowest BCUT2D eigenvalue weighted by atomic mass is 10.1. The molecule has 0 radical (unpaired) electrons. The molecule has 1 aromatic carbocycles. The molecule has 2 aromatic heterocycles. The monoisotopic (exact) mass is 393 g/mol. The Labute approximate surface area is 159 Å². The number of hydrogen-bond acceptors (Lipinski definition) is 6. The number of amides is 1. The summed E-state index contributed by atoms with van der Waals surface area (Å²) in [5.74, 6) is 0.687. The SMILES string of the molecule is Cc1ccc(-c2nnc(SCC(=O)N(C)Cc3ccc(Cl)s3)o2)cc1. The van der Waals surface area contributed by atoms with E-state index < -0.39 is 0 Å². The average molecular weight is 394 g/mol. The number of thiophene rings is 1. The molecule has 0 atom stereocenters. The van der Waals surface area contributed by atoms with Crippen molar-refractivity contribution in [3.8, 4) is 11.5 Å². The van der Waals surface area contributed by atoms with Gasteiger partial charge in [-0.3, -0.25) is 4.79 Å². The molecular formula is C17H16ClN3O2S2. The number of hydrogen-bond donors (Lipinski definition) is 0. The molecule has 0 aliphatic heterocycles. The summed E-state index contributed by atoms with van der Waals surface area (Å²) in [6.07, 6.45) is 0. The third kappa shape index (κ3) is 4.84. The zero-order valence-corrected chi connectivity index (χ0v) is 16.1. The fourth-order valence-electron chi connectivity index (χ4n) is 2.07. The molecule has 0 saturated carbocycles. The van der Waals surface area contributed by atoms with Gasteiger partial charge in [0.15, 0.2) is 0 Å². The first-order valence-corrected chi connectivity index (χ1v) is 9.71. The van der Waals surface area contributed by atoms with E-state index in [4.69, 9.17) is 16.0 Å². The minimum absolute atomic E-state index is 0.00962. The zero-order chi connectivity index (χ0) is 17.8. The first kappa shape index (κ1) is 18.0. The molecule has 3 aromatic rings. The molecule has 0 spiro atoms. The van der Waals surface area contributed by atoms with Gasteiger partial charge in [-0.1, -0.05) is 41.1 Å². The fourth-order valence-corrected chi connectivity index (χ4v) is 3.92. The normalized spacial score (nSPS) is 10.8. The van der Waals surface area contributed by atoms with Crippen molar-refractivity contribution in [1.29, 1.82) is 0 Å². The first-order valence-electron chi connectivity index (χ1n) is 7.53. The van der Waals surface area contributed by atoms with Gasteiger partial charge in [-0.25, -0.2) is 0 Å². The van der Waals surface area contributed by atoms with Crippen LogP contribution >= 0.6 is 34.7 Å². The number of halogens is 1. The average Bonchev–Trinajstić information content (AvgIpc) is 3.22. The summed E-state index contributed by atoms with van der Waals surface area (Å²) < 4.78 is 6.34. The quantitative estimate of drug-likeness (QED) is 0.576. The van der Waals surface area contributed by atoms with Crippen LogP contribution in [0.5, 0.6) is 0 Å². The summed E-state index contributed by atoms with van der Waals surface area (Å²) in [5.41, 5.74) is 2.03. The van der Waals surface area contributed by atoms with Crippen LogP contribution in [0.2, 0.25) is 4.34 Å². The highest BCUT2D eigenvalue weighted by atomic mass is 35.5. The lowest BCUT2D eigenvalue weighted by Crippen LogP contribution is -2.27. The lowest BCUT2D eigenvalue weighted by molar-refractivity contribution is -0.127. The van der Waals surface area contributed by atoms with Gasteiger partial charge in [-0.05, 0) is 31.2 Å². The van der Waals surface area contributed by atoms with E-state index in [-0.39, 0.29) is 11.7 Å². The molecule has 0 unspecified atom stereocenters. The Morgan fingerprint density at radius 2 is 2.00 bits per heavy atom. The minimum Gasteiger partial charge on any atom is -0.411 e. The van der Waals surface area contributed by atoms with Gasteiger partial charge in [0.25, 0.3) is 5.22 Å². The van der Waals surface area contributed by atoms with Crippen molar-refractivity contribution in [2.45, 2.75) is 18.7 Å². The molecule has 0 bridgehead atoms. The predicted molar refractivity (Wildman–Crippen MR) is 101 cm³/mol. The van der Waals surface area contributed by atoms with Crippen molar-refractivity contribution in [2.75, 3.05) is 12.8 Å². The Bertz CT molecular complexity index is 861. The second-order valence-electron chi connectivity index (χ2n) is 5.48. The standard InChI is InChI=1S/C17H16ClN3O2S2/c1-11-3-5-12(6-4-11)16-19-20-17(23-16)24-10-15(22)21(2)9-13-7-8-14(18)25-13/h3-8H,9-10H2,1-2H3. The minimum atomic E-state index is -0.00962. The lowest BCUT2D eigenvalue weighted by Gasteiger charge is -2.15. The predicted octanol–water partition coefficient (Wildman–Crippen LogP) is 4.51. The van der Waals surface area contributed by atoms with E-state index in [2.05, 4.69) is 10.2 Å². The third-order valence-electron chi connectivity index (χ3n) is 3.47. The van der Waals surface area contributed by atoms with E-state index in [1.54, 1.807) is 11.9 Å². The summed E-state index contributed by atoms with van der Waals surface area (Å²) in [7, 11) is 1.77. The first-order chi connectivity index (χ1) is 12.0. The molecule has 130 valence electrons. The molecule has 8 heteroatoms. The zero-order valence-electron chi connectivity index (χ0n) is 13.7. The van der Waals surface area contributed by atoms with Crippen molar-refractivity contribution < 1.29 is 9.21 Å². The Hall–Kier alpha value is -1.83. The highest BCUT2D eigenvalue weighted by Gasteiger charge is 2.14. The second-order valence-corrected chi connectivity index (χ2v) is 8.21. The van der Waals surface area contributed by atoms with Gasteiger partial charge < -0.3 is 9.32 Å². The van der Waals surface area contributed by atoms with Gasteiger partial charge in [-0.15, -0.1) is 21.5 Å². The van der Waals surface area contributed by atoms with Crippen LogP contribution in [0.25, 0.3) is 11.5 Å². The molecule has 0 aliphatic carbocycles. The highest BCUT2D eigenvalue weighted by Crippen LogP contribution is 2.25. The topological polar surface area (TPSA) is 59.2 Å². The van der Waals surface area contributed by atoms with Crippen molar-refractivity contribution in [3.63, 3.8) is 0 Å². The summed E-state index contributed by atoms with van der Waals surface area (Å²) in [5, 5.41) is 8.41. The molecule has 0 fully saturated rings. The molecular weight excluding hydrogens is 378 g/mol. The number of rotatable bonds is 6. The number of carbonyl (C=O) groups excluding carboxylic acids is 1. The number of nitrogens with zero attached hydrogens (tertiary/aromatic N) is 3. The maximum Gasteiger partial charge on any atom is 0.277 e. The van der Waals surface area contributed by atoms with E-state index in [0.29, 0.717) is 17.7 Å². The Kier molecular flexibility index (Phi) is 5.78. The molecule has 1 amide bonds. The van der Waals surface area contributed by atoms with Crippen LogP contribution in [0.3, 0.4) is 0 Å². The number of carbonyl (C=O) groups is 1. The number of aryl methyl sites for hydroxylation is 1. The Morgan fingerprint density at radius 1 is 1.24 bits per heavy atom. The second kappa shape index (κ2) is 8.03. The van der Waals surface area contributed by atoms with Crippen molar-refractivity contribution in [2.24, 2.45) is 0 Å². The van der Waals surface area contributed by atoms with Crippen LogP contribution in [0, 0.1) is 6.92 Å². The van der Waals surface area contributed by atoms with Crippen LogP contribution < -0.4 is 0 Å². The molecule has 0 N–H and O–H groups in total. The highest BCUT2D eigenvalue weighted by molar-refractivity contribution is 7.99. The summed E-state index contributed by atoms with van der Waals surface area (Å²) >= 11 is 8.62. The molecule has 0 saturated heterocycles. The van der Waals surface area contributed by atoms with Crippen LogP contribution in [-0.2, 0) is 11.3 Å². The summed E-state index contributed by atoms with van der Waals surface area (Å²) in [6.45, 7) is 2.56. The van der Waals surface area contributed by atoms with Gasteiger partial charge in [0, 0.05) is 17.5 Å². The molecule has 2 heterocycles. The van der Waals surface area contributed by atoms with Crippen LogP contribution in [-0.4, -0.2) is 33.8 Å². The van der Waals surface area contributed by atoms with E-state index in [1.807, 2.05) is 43.3 Å². The molecule has 5 nitrogen and oxygen atoms in total. The maximum atomic E-state index is 12.2. The van der Waals surface area contributed by atoms with E-state index in [9.17, 15) is 4.79 Å². The number of benzene rings is 1. The largest absolute Gasteiger partial charge is 0.411 e. The van der Waals surface area contributed by atoms with Crippen molar-refractivity contribution in [1.82, 2.24) is 15.1 Å². The smallest absolute Gasteiger partial charge is 0.277 e. The third-order valence-corrected chi connectivity index (χ3v) is 5.49. The molecule has 0 aliphatic rings. The van der Waals surface area contributed by atoms with Gasteiger partial charge >= 0.3 is 0 Å².